The van der Waals surface area contributed by atoms with Gasteiger partial charge >= 0.3 is 0 Å². The van der Waals surface area contributed by atoms with Crippen molar-refractivity contribution in [3.63, 3.8) is 0 Å². The van der Waals surface area contributed by atoms with Gasteiger partial charge in [0, 0.05) is 6.04 Å². The molecular formula is C19H25NO2S. The van der Waals surface area contributed by atoms with Crippen molar-refractivity contribution in [2.45, 2.75) is 52.5 Å². The topological polar surface area (TPSA) is 46.2 Å². The molecule has 0 bridgehead atoms. The molecule has 3 nitrogen and oxygen atoms in total. The number of nitrogens with one attached hydrogen (secondary N) is 1. The maximum atomic E-state index is 12.8. The molecule has 23 heavy (non-hydrogen) atoms. The molecule has 0 aliphatic heterocycles. The smallest absolute Gasteiger partial charge is 0.207 e. The van der Waals surface area contributed by atoms with Gasteiger partial charge in [0.25, 0.3) is 0 Å². The number of benzene rings is 2. The molecule has 0 heterocycles. The van der Waals surface area contributed by atoms with E-state index in [9.17, 15) is 8.42 Å². The lowest BCUT2D eigenvalue weighted by molar-refractivity contribution is 0.565. The summed E-state index contributed by atoms with van der Waals surface area (Å²) in [5.74, 6) is 0. The van der Waals surface area contributed by atoms with E-state index in [2.05, 4.69) is 10.8 Å². The molecule has 1 N–H and O–H groups in total. The van der Waals surface area contributed by atoms with Crippen molar-refractivity contribution in [2.24, 2.45) is 0 Å². The van der Waals surface area contributed by atoms with Gasteiger partial charge in [-0.25, -0.2) is 13.1 Å². The first kappa shape index (κ1) is 17.7. The molecule has 124 valence electrons. The maximum Gasteiger partial charge on any atom is 0.241 e. The Morgan fingerprint density at radius 2 is 1.35 bits per heavy atom. The normalized spacial score (nSPS) is 13.1. The van der Waals surface area contributed by atoms with E-state index in [1.165, 1.54) is 5.56 Å². The zero-order valence-corrected chi connectivity index (χ0v) is 15.5. The molecule has 1 unspecified atom stereocenters. The second kappa shape index (κ2) is 6.46. The zero-order valence-electron chi connectivity index (χ0n) is 14.7. The first-order chi connectivity index (χ1) is 10.6. The Morgan fingerprint density at radius 1 is 0.826 bits per heavy atom. The minimum absolute atomic E-state index is 0.277. The second-order valence-electron chi connectivity index (χ2n) is 6.43. The van der Waals surface area contributed by atoms with Gasteiger partial charge in [0.1, 0.15) is 0 Å². The van der Waals surface area contributed by atoms with Crippen LogP contribution in [0.4, 0.5) is 0 Å². The lowest BCUT2D eigenvalue weighted by Crippen LogP contribution is -2.28. The highest BCUT2D eigenvalue weighted by Gasteiger charge is 2.23. The average molecular weight is 331 g/mol. The Kier molecular flexibility index (Phi) is 4.97. The summed E-state index contributed by atoms with van der Waals surface area (Å²) in [6, 6.07) is 9.61. The van der Waals surface area contributed by atoms with Crippen LogP contribution >= 0.6 is 0 Å². The minimum Gasteiger partial charge on any atom is -0.207 e. The molecule has 0 aliphatic rings. The largest absolute Gasteiger partial charge is 0.241 e. The van der Waals surface area contributed by atoms with E-state index in [1.807, 2.05) is 65.8 Å². The van der Waals surface area contributed by atoms with Crippen molar-refractivity contribution in [3.8, 4) is 0 Å². The van der Waals surface area contributed by atoms with Crippen LogP contribution in [0.15, 0.2) is 35.2 Å². The first-order valence-electron chi connectivity index (χ1n) is 7.79. The summed E-state index contributed by atoms with van der Waals surface area (Å²) in [5, 5.41) is 0. The molecule has 0 aromatic heterocycles. The number of aryl methyl sites for hydroxylation is 5. The van der Waals surface area contributed by atoms with E-state index in [1.54, 1.807) is 0 Å². The molecule has 2 rings (SSSR count). The Bertz CT molecular complexity index is 815. The predicted octanol–water partition coefficient (Wildman–Crippen LogP) is 4.27. The van der Waals surface area contributed by atoms with E-state index >= 15 is 0 Å². The monoisotopic (exact) mass is 331 g/mol. The van der Waals surface area contributed by atoms with Gasteiger partial charge in [0.2, 0.25) is 10.0 Å². The van der Waals surface area contributed by atoms with Crippen LogP contribution in [-0.4, -0.2) is 8.42 Å². The van der Waals surface area contributed by atoms with Crippen LogP contribution in [0.1, 0.15) is 46.3 Å². The van der Waals surface area contributed by atoms with Crippen LogP contribution in [-0.2, 0) is 10.0 Å². The van der Waals surface area contributed by atoms with Gasteiger partial charge in [0.15, 0.2) is 0 Å². The summed E-state index contributed by atoms with van der Waals surface area (Å²) in [6.45, 7) is 11.6. The highest BCUT2D eigenvalue weighted by Crippen LogP contribution is 2.25. The van der Waals surface area contributed by atoms with Gasteiger partial charge in [-0.05, 0) is 63.8 Å². The molecule has 0 saturated carbocycles. The molecule has 0 amide bonds. The van der Waals surface area contributed by atoms with Crippen molar-refractivity contribution in [1.29, 1.82) is 0 Å². The van der Waals surface area contributed by atoms with E-state index in [0.717, 1.165) is 27.8 Å². The Balaban J connectivity index is 2.38. The number of hydrogen-bond acceptors (Lipinski definition) is 2. The van der Waals surface area contributed by atoms with Gasteiger partial charge in [0.05, 0.1) is 4.90 Å². The molecule has 0 saturated heterocycles. The fourth-order valence-corrected chi connectivity index (χ4v) is 4.93. The molecule has 0 aliphatic carbocycles. The van der Waals surface area contributed by atoms with E-state index in [-0.39, 0.29) is 6.04 Å². The molecule has 2 aromatic carbocycles. The fourth-order valence-electron chi connectivity index (χ4n) is 3.26. The lowest BCUT2D eigenvalue weighted by atomic mass is 10.0. The van der Waals surface area contributed by atoms with Crippen LogP contribution in [0, 0.1) is 34.6 Å². The first-order valence-corrected chi connectivity index (χ1v) is 9.27. The highest BCUT2D eigenvalue weighted by atomic mass is 32.2. The van der Waals surface area contributed by atoms with Crippen LogP contribution in [0.5, 0.6) is 0 Å². The molecular weight excluding hydrogens is 306 g/mol. The van der Waals surface area contributed by atoms with E-state index in [0.29, 0.717) is 4.90 Å². The van der Waals surface area contributed by atoms with Crippen molar-refractivity contribution >= 4 is 10.0 Å². The minimum atomic E-state index is -3.56. The van der Waals surface area contributed by atoms with Gasteiger partial charge in [-0.2, -0.15) is 0 Å². The third-order valence-corrected chi connectivity index (χ3v) is 5.94. The summed E-state index contributed by atoms with van der Waals surface area (Å²) in [4.78, 5) is 0.389. The number of sulfonamides is 1. The molecule has 4 heteroatoms. The Hall–Kier alpha value is -1.65. The van der Waals surface area contributed by atoms with Gasteiger partial charge in [-0.1, -0.05) is 41.5 Å². The summed E-state index contributed by atoms with van der Waals surface area (Å²) in [6.07, 6.45) is 0. The van der Waals surface area contributed by atoms with Crippen LogP contribution < -0.4 is 4.72 Å². The van der Waals surface area contributed by atoms with Crippen molar-refractivity contribution in [3.05, 3.63) is 63.7 Å². The SMILES string of the molecule is Cc1ccc(C(C)NS(=O)(=O)c2c(C)cc(C)cc2C)c(C)c1. The third-order valence-electron chi connectivity index (χ3n) is 4.10. The zero-order chi connectivity index (χ0) is 17.4. The van der Waals surface area contributed by atoms with E-state index in [4.69, 9.17) is 0 Å². The summed E-state index contributed by atoms with van der Waals surface area (Å²) in [5.41, 5.74) is 5.90. The Labute approximate surface area is 139 Å². The molecule has 2 aromatic rings. The third kappa shape index (κ3) is 3.82. The lowest BCUT2D eigenvalue weighted by Gasteiger charge is -2.19. The van der Waals surface area contributed by atoms with Crippen LogP contribution in [0.25, 0.3) is 0 Å². The molecule has 1 atom stereocenters. The average Bonchev–Trinajstić information content (AvgIpc) is 2.35. The molecule has 0 fully saturated rings. The Morgan fingerprint density at radius 3 is 1.87 bits per heavy atom. The summed E-state index contributed by atoms with van der Waals surface area (Å²) < 4.78 is 28.5. The van der Waals surface area contributed by atoms with Crippen LogP contribution in [0.2, 0.25) is 0 Å². The van der Waals surface area contributed by atoms with Gasteiger partial charge in [-0.3, -0.25) is 0 Å². The molecule has 0 radical (unpaired) electrons. The quantitative estimate of drug-likeness (QED) is 0.909. The predicted molar refractivity (Wildman–Crippen MR) is 95.3 cm³/mol. The summed E-state index contributed by atoms with van der Waals surface area (Å²) in [7, 11) is -3.56. The standard InChI is InChI=1S/C19H25NO2S/c1-12-7-8-18(14(3)9-12)17(6)20-23(21,22)19-15(4)10-13(2)11-16(19)5/h7-11,17,20H,1-6H3. The van der Waals surface area contributed by atoms with Gasteiger partial charge in [-0.15, -0.1) is 0 Å². The van der Waals surface area contributed by atoms with Crippen molar-refractivity contribution in [2.75, 3.05) is 0 Å². The molecule has 0 spiro atoms. The van der Waals surface area contributed by atoms with Gasteiger partial charge < -0.3 is 0 Å². The van der Waals surface area contributed by atoms with Crippen molar-refractivity contribution in [1.82, 2.24) is 4.72 Å². The number of hydrogen-bond donors (Lipinski definition) is 1. The van der Waals surface area contributed by atoms with Crippen LogP contribution in [0.3, 0.4) is 0 Å². The maximum absolute atomic E-state index is 12.8. The highest BCUT2D eigenvalue weighted by molar-refractivity contribution is 7.89. The summed E-state index contributed by atoms with van der Waals surface area (Å²) >= 11 is 0. The fraction of sp³-hybridized carbons (Fsp3) is 0.368. The van der Waals surface area contributed by atoms with E-state index < -0.39 is 10.0 Å². The number of rotatable bonds is 4. The van der Waals surface area contributed by atoms with Crippen molar-refractivity contribution < 1.29 is 8.42 Å². The second-order valence-corrected chi connectivity index (χ2v) is 8.08.